The Morgan fingerprint density at radius 1 is 1.05 bits per heavy atom. The van der Waals surface area contributed by atoms with Gasteiger partial charge in [0.05, 0.1) is 13.2 Å². The summed E-state index contributed by atoms with van der Waals surface area (Å²) in [6.07, 6.45) is 0. The molecule has 19 heavy (non-hydrogen) atoms. The smallest absolute Gasteiger partial charge is 0.126 e. The predicted octanol–water partition coefficient (Wildman–Crippen LogP) is 3.45. The maximum atomic E-state index is 13.7. The molecule has 0 fully saturated rings. The molecule has 0 aliphatic rings. The minimum Gasteiger partial charge on any atom is -0.497 e. The first-order chi connectivity index (χ1) is 9.15. The molecule has 0 amide bonds. The second-order valence-corrected chi connectivity index (χ2v) is 4.50. The fraction of sp³-hybridized carbons (Fsp3) is 0.250. The van der Waals surface area contributed by atoms with Crippen molar-refractivity contribution in [2.75, 3.05) is 14.2 Å². The third-order valence-corrected chi connectivity index (χ3v) is 3.27. The van der Waals surface area contributed by atoms with Gasteiger partial charge in [0.15, 0.2) is 0 Å². The number of nitrogens with one attached hydrogen (secondary N) is 1. The van der Waals surface area contributed by atoms with Crippen LogP contribution < -0.4 is 10.1 Å². The third kappa shape index (κ3) is 2.93. The lowest BCUT2D eigenvalue weighted by Crippen LogP contribution is -2.17. The van der Waals surface area contributed by atoms with Crippen LogP contribution in [-0.4, -0.2) is 14.2 Å². The summed E-state index contributed by atoms with van der Waals surface area (Å²) in [5.74, 6) is 0.639. The Hall–Kier alpha value is -1.87. The van der Waals surface area contributed by atoms with Crippen molar-refractivity contribution in [3.8, 4) is 5.75 Å². The molecule has 3 heteroatoms. The summed E-state index contributed by atoms with van der Waals surface area (Å²) in [6, 6.07) is 13.1. The number of hydrogen-bond donors (Lipinski definition) is 1. The van der Waals surface area contributed by atoms with Gasteiger partial charge < -0.3 is 10.1 Å². The van der Waals surface area contributed by atoms with Crippen LogP contribution in [0.5, 0.6) is 5.75 Å². The number of hydrogen-bond acceptors (Lipinski definition) is 2. The molecule has 0 aliphatic heterocycles. The van der Waals surface area contributed by atoms with Crippen molar-refractivity contribution in [1.82, 2.24) is 5.32 Å². The Morgan fingerprint density at radius 2 is 1.68 bits per heavy atom. The number of aryl methyl sites for hydroxylation is 1. The minimum atomic E-state index is -0.175. The number of benzene rings is 2. The SMILES string of the molecule is CNC(c1ccc(OC)cc1)c1ccc(C)c(F)c1. The Bertz CT molecular complexity index is 551. The summed E-state index contributed by atoms with van der Waals surface area (Å²) < 4.78 is 18.8. The van der Waals surface area contributed by atoms with Crippen molar-refractivity contribution in [3.05, 3.63) is 65.0 Å². The van der Waals surface area contributed by atoms with E-state index in [1.165, 1.54) is 0 Å². The standard InChI is InChI=1S/C16H18FNO/c1-11-4-5-13(10-15(11)17)16(18-2)12-6-8-14(19-3)9-7-12/h4-10,16,18H,1-3H3. The molecule has 0 saturated heterocycles. The average molecular weight is 259 g/mol. The molecule has 0 bridgehead atoms. The van der Waals surface area contributed by atoms with Crippen molar-refractivity contribution >= 4 is 0 Å². The molecule has 0 radical (unpaired) electrons. The van der Waals surface area contributed by atoms with Gasteiger partial charge in [0, 0.05) is 0 Å². The van der Waals surface area contributed by atoms with Crippen molar-refractivity contribution in [3.63, 3.8) is 0 Å². The molecule has 0 aromatic heterocycles. The van der Waals surface area contributed by atoms with Gasteiger partial charge in [-0.25, -0.2) is 4.39 Å². The fourth-order valence-corrected chi connectivity index (χ4v) is 2.11. The lowest BCUT2D eigenvalue weighted by atomic mass is 9.97. The van der Waals surface area contributed by atoms with Crippen LogP contribution in [0, 0.1) is 12.7 Å². The maximum Gasteiger partial charge on any atom is 0.126 e. The normalized spacial score (nSPS) is 12.2. The van der Waals surface area contributed by atoms with Gasteiger partial charge in [0.1, 0.15) is 11.6 Å². The van der Waals surface area contributed by atoms with Crippen LogP contribution in [0.4, 0.5) is 4.39 Å². The first-order valence-corrected chi connectivity index (χ1v) is 6.23. The van der Waals surface area contributed by atoms with Crippen LogP contribution in [0.2, 0.25) is 0 Å². The van der Waals surface area contributed by atoms with Crippen LogP contribution in [-0.2, 0) is 0 Å². The maximum absolute atomic E-state index is 13.7. The van der Waals surface area contributed by atoms with E-state index in [1.807, 2.05) is 37.4 Å². The number of methoxy groups -OCH3 is 1. The van der Waals surface area contributed by atoms with E-state index < -0.39 is 0 Å². The number of ether oxygens (including phenoxy) is 1. The summed E-state index contributed by atoms with van der Waals surface area (Å²) in [6.45, 7) is 1.76. The van der Waals surface area contributed by atoms with Gasteiger partial charge in [-0.15, -0.1) is 0 Å². The van der Waals surface area contributed by atoms with E-state index in [0.29, 0.717) is 5.56 Å². The molecule has 2 nitrogen and oxygen atoms in total. The van der Waals surface area contributed by atoms with Crippen LogP contribution >= 0.6 is 0 Å². The van der Waals surface area contributed by atoms with Crippen molar-refractivity contribution in [1.29, 1.82) is 0 Å². The third-order valence-electron chi connectivity index (χ3n) is 3.27. The molecule has 1 unspecified atom stereocenters. The highest BCUT2D eigenvalue weighted by molar-refractivity contribution is 5.36. The first-order valence-electron chi connectivity index (χ1n) is 6.23. The zero-order valence-electron chi connectivity index (χ0n) is 11.4. The van der Waals surface area contributed by atoms with Gasteiger partial charge in [0.2, 0.25) is 0 Å². The summed E-state index contributed by atoms with van der Waals surface area (Å²) in [7, 11) is 3.51. The van der Waals surface area contributed by atoms with E-state index in [1.54, 1.807) is 26.2 Å². The lowest BCUT2D eigenvalue weighted by molar-refractivity contribution is 0.414. The summed E-state index contributed by atoms with van der Waals surface area (Å²) in [4.78, 5) is 0. The Labute approximate surface area is 113 Å². The van der Waals surface area contributed by atoms with Crippen molar-refractivity contribution in [2.24, 2.45) is 0 Å². The molecule has 2 aromatic rings. The largest absolute Gasteiger partial charge is 0.497 e. The van der Waals surface area contributed by atoms with Gasteiger partial charge >= 0.3 is 0 Å². The Kier molecular flexibility index (Phi) is 4.17. The first kappa shape index (κ1) is 13.6. The highest BCUT2D eigenvalue weighted by Gasteiger charge is 2.13. The summed E-state index contributed by atoms with van der Waals surface area (Å²) >= 11 is 0. The minimum absolute atomic E-state index is 0.0268. The molecule has 0 spiro atoms. The van der Waals surface area contributed by atoms with E-state index in [0.717, 1.165) is 16.9 Å². The average Bonchev–Trinajstić information content (AvgIpc) is 2.44. The molecular weight excluding hydrogens is 241 g/mol. The molecule has 1 atom stereocenters. The molecule has 0 heterocycles. The van der Waals surface area contributed by atoms with Crippen LogP contribution in [0.15, 0.2) is 42.5 Å². The molecule has 0 saturated carbocycles. The summed E-state index contributed by atoms with van der Waals surface area (Å²) in [5, 5.41) is 3.21. The van der Waals surface area contributed by atoms with Gasteiger partial charge in [-0.1, -0.05) is 24.3 Å². The van der Waals surface area contributed by atoms with Crippen LogP contribution in [0.1, 0.15) is 22.7 Å². The topological polar surface area (TPSA) is 21.3 Å². The molecule has 2 rings (SSSR count). The quantitative estimate of drug-likeness (QED) is 0.908. The van der Waals surface area contributed by atoms with Crippen LogP contribution in [0.25, 0.3) is 0 Å². The van der Waals surface area contributed by atoms with Gasteiger partial charge in [-0.3, -0.25) is 0 Å². The fourth-order valence-electron chi connectivity index (χ4n) is 2.11. The Balaban J connectivity index is 2.34. The number of halogens is 1. The monoisotopic (exact) mass is 259 g/mol. The van der Waals surface area contributed by atoms with Gasteiger partial charge in [-0.2, -0.15) is 0 Å². The molecule has 100 valence electrons. The summed E-state index contributed by atoms with van der Waals surface area (Å²) in [5.41, 5.74) is 2.65. The van der Waals surface area contributed by atoms with Crippen molar-refractivity contribution < 1.29 is 9.13 Å². The van der Waals surface area contributed by atoms with E-state index in [2.05, 4.69) is 5.32 Å². The zero-order valence-corrected chi connectivity index (χ0v) is 11.4. The number of rotatable bonds is 4. The Morgan fingerprint density at radius 3 is 2.21 bits per heavy atom. The van der Waals surface area contributed by atoms with Gasteiger partial charge in [-0.05, 0) is 48.9 Å². The van der Waals surface area contributed by atoms with E-state index in [4.69, 9.17) is 4.74 Å². The second-order valence-electron chi connectivity index (χ2n) is 4.50. The van der Waals surface area contributed by atoms with E-state index in [-0.39, 0.29) is 11.9 Å². The van der Waals surface area contributed by atoms with Crippen LogP contribution in [0.3, 0.4) is 0 Å². The highest BCUT2D eigenvalue weighted by atomic mass is 19.1. The molecular formula is C16H18FNO. The van der Waals surface area contributed by atoms with E-state index >= 15 is 0 Å². The van der Waals surface area contributed by atoms with Crippen molar-refractivity contribution in [2.45, 2.75) is 13.0 Å². The molecule has 0 aliphatic carbocycles. The second kappa shape index (κ2) is 5.85. The van der Waals surface area contributed by atoms with E-state index in [9.17, 15) is 4.39 Å². The predicted molar refractivity (Wildman–Crippen MR) is 75.0 cm³/mol. The molecule has 2 aromatic carbocycles. The molecule has 1 N–H and O–H groups in total. The van der Waals surface area contributed by atoms with Gasteiger partial charge in [0.25, 0.3) is 0 Å². The zero-order chi connectivity index (χ0) is 13.8. The lowest BCUT2D eigenvalue weighted by Gasteiger charge is -2.18. The highest BCUT2D eigenvalue weighted by Crippen LogP contribution is 2.25.